The molecule has 2 rings (SSSR count). The summed E-state index contributed by atoms with van der Waals surface area (Å²) >= 11 is 1.37. The molecule has 1 amide bonds. The van der Waals surface area contributed by atoms with E-state index in [1.54, 1.807) is 13.8 Å². The molecule has 1 heterocycles. The number of anilines is 1. The van der Waals surface area contributed by atoms with Crippen LogP contribution in [0, 0.1) is 5.92 Å². The minimum Gasteiger partial charge on any atom is -0.545 e. The average molecular weight is 252 g/mol. The Hall–Kier alpha value is -1.36. The van der Waals surface area contributed by atoms with Crippen molar-refractivity contribution in [2.24, 2.45) is 5.92 Å². The number of carbonyl (C=O) groups is 2. The number of aromatic carboxylic acids is 1. The molecule has 0 unspecified atom stereocenters. The molecule has 0 atom stereocenters. The second-order valence-electron chi connectivity index (χ2n) is 4.49. The summed E-state index contributed by atoms with van der Waals surface area (Å²) in [5, 5.41) is 14.3. The summed E-state index contributed by atoms with van der Waals surface area (Å²) in [5.41, 5.74) is 1.05. The van der Waals surface area contributed by atoms with Crippen LogP contribution in [0.25, 0.3) is 0 Å². The average Bonchev–Trinajstić information content (AvgIpc) is 2.75. The number of carboxylic acids is 1. The Balaban J connectivity index is 2.35. The fourth-order valence-corrected chi connectivity index (χ4v) is 3.24. The van der Waals surface area contributed by atoms with E-state index < -0.39 is 5.97 Å². The number of carbonyl (C=O) groups excluding carboxylic acids is 2. The van der Waals surface area contributed by atoms with E-state index in [0.29, 0.717) is 5.00 Å². The van der Waals surface area contributed by atoms with Crippen LogP contribution in [0.3, 0.4) is 0 Å². The van der Waals surface area contributed by atoms with Crippen LogP contribution in [0.1, 0.15) is 41.1 Å². The van der Waals surface area contributed by atoms with Gasteiger partial charge in [0.1, 0.15) is 5.00 Å². The molecule has 1 aromatic heterocycles. The van der Waals surface area contributed by atoms with Crippen molar-refractivity contribution in [3.05, 3.63) is 16.0 Å². The van der Waals surface area contributed by atoms with Crippen LogP contribution < -0.4 is 10.4 Å². The highest BCUT2D eigenvalue weighted by Gasteiger charge is 2.24. The Morgan fingerprint density at radius 3 is 2.65 bits per heavy atom. The van der Waals surface area contributed by atoms with Crippen molar-refractivity contribution in [2.45, 2.75) is 33.1 Å². The number of thiophene rings is 1. The predicted molar refractivity (Wildman–Crippen MR) is 64.1 cm³/mol. The summed E-state index contributed by atoms with van der Waals surface area (Å²) in [6, 6.07) is 0. The van der Waals surface area contributed by atoms with Crippen LogP contribution in [0.5, 0.6) is 0 Å². The molecule has 0 spiro atoms. The van der Waals surface area contributed by atoms with Gasteiger partial charge < -0.3 is 15.2 Å². The first-order valence-electron chi connectivity index (χ1n) is 5.67. The van der Waals surface area contributed by atoms with Crippen molar-refractivity contribution in [1.82, 2.24) is 0 Å². The van der Waals surface area contributed by atoms with Gasteiger partial charge in [-0.3, -0.25) is 4.79 Å². The van der Waals surface area contributed by atoms with E-state index in [1.165, 1.54) is 11.3 Å². The van der Waals surface area contributed by atoms with Gasteiger partial charge in [0.05, 0.1) is 5.97 Å². The van der Waals surface area contributed by atoms with Crippen molar-refractivity contribution >= 4 is 28.2 Å². The van der Waals surface area contributed by atoms with E-state index >= 15 is 0 Å². The third-order valence-corrected chi connectivity index (χ3v) is 4.09. The third kappa shape index (κ3) is 2.20. The van der Waals surface area contributed by atoms with E-state index in [1.807, 2.05) is 0 Å². The Labute approximate surface area is 104 Å². The van der Waals surface area contributed by atoms with Crippen molar-refractivity contribution in [1.29, 1.82) is 0 Å². The summed E-state index contributed by atoms with van der Waals surface area (Å²) in [4.78, 5) is 23.8. The normalized spacial score (nSPS) is 13.8. The highest BCUT2D eigenvalue weighted by molar-refractivity contribution is 7.17. The standard InChI is InChI=1S/C12H15NO3S/c1-6(2)10(14)13-11-9(12(15)16)7-4-3-5-8(7)17-11/h6H,3-5H2,1-2H3,(H,13,14)(H,15,16)/p-1. The maximum atomic E-state index is 11.6. The first-order valence-corrected chi connectivity index (χ1v) is 6.49. The number of aryl methyl sites for hydroxylation is 1. The quantitative estimate of drug-likeness (QED) is 0.878. The molecular weight excluding hydrogens is 238 g/mol. The lowest BCUT2D eigenvalue weighted by atomic mass is 10.1. The number of carboxylic acid groups (broad SMARTS) is 1. The molecule has 1 N–H and O–H groups in total. The smallest absolute Gasteiger partial charge is 0.227 e. The molecule has 5 heteroatoms. The van der Waals surface area contributed by atoms with E-state index in [2.05, 4.69) is 5.32 Å². The monoisotopic (exact) mass is 252 g/mol. The van der Waals surface area contributed by atoms with Gasteiger partial charge in [0, 0.05) is 16.4 Å². The van der Waals surface area contributed by atoms with Gasteiger partial charge >= 0.3 is 0 Å². The first kappa shape index (κ1) is 12.1. The van der Waals surface area contributed by atoms with Crippen LogP contribution in [0.15, 0.2) is 0 Å². The number of rotatable bonds is 3. The van der Waals surface area contributed by atoms with Gasteiger partial charge in [-0.1, -0.05) is 13.8 Å². The van der Waals surface area contributed by atoms with Crippen molar-refractivity contribution in [2.75, 3.05) is 5.32 Å². The molecule has 1 aromatic rings. The molecule has 4 nitrogen and oxygen atoms in total. The van der Waals surface area contributed by atoms with Crippen molar-refractivity contribution < 1.29 is 14.7 Å². The van der Waals surface area contributed by atoms with Crippen molar-refractivity contribution in [3.8, 4) is 0 Å². The number of hydrogen-bond acceptors (Lipinski definition) is 4. The summed E-state index contributed by atoms with van der Waals surface area (Å²) in [6.07, 6.45) is 2.66. The Morgan fingerprint density at radius 1 is 1.35 bits per heavy atom. The fraction of sp³-hybridized carbons (Fsp3) is 0.500. The zero-order valence-electron chi connectivity index (χ0n) is 9.83. The molecule has 0 aliphatic heterocycles. The molecule has 0 saturated carbocycles. The second-order valence-corrected chi connectivity index (χ2v) is 5.60. The van der Waals surface area contributed by atoms with E-state index in [-0.39, 0.29) is 17.4 Å². The number of hydrogen-bond donors (Lipinski definition) is 1. The predicted octanol–water partition coefficient (Wildman–Crippen LogP) is 1.19. The topological polar surface area (TPSA) is 69.2 Å². The van der Waals surface area contributed by atoms with Crippen LogP contribution >= 0.6 is 11.3 Å². The molecule has 17 heavy (non-hydrogen) atoms. The second kappa shape index (κ2) is 4.49. The van der Waals surface area contributed by atoms with Crippen molar-refractivity contribution in [3.63, 3.8) is 0 Å². The highest BCUT2D eigenvalue weighted by Crippen LogP contribution is 2.38. The number of fused-ring (bicyclic) bond motifs is 1. The van der Waals surface area contributed by atoms with Gasteiger partial charge in [0.25, 0.3) is 0 Å². The SMILES string of the molecule is CC(C)C(=O)Nc1sc2c(c1C(=O)[O-])CCC2. The van der Waals surface area contributed by atoms with Crippen LogP contribution in [0.2, 0.25) is 0 Å². The Morgan fingerprint density at radius 2 is 2.06 bits per heavy atom. The van der Waals surface area contributed by atoms with Gasteiger partial charge in [-0.2, -0.15) is 0 Å². The van der Waals surface area contributed by atoms with E-state index in [9.17, 15) is 14.7 Å². The molecule has 0 bridgehead atoms. The third-order valence-electron chi connectivity index (χ3n) is 2.89. The minimum absolute atomic E-state index is 0.160. The van der Waals surface area contributed by atoms with E-state index in [4.69, 9.17) is 0 Å². The molecule has 0 fully saturated rings. The van der Waals surface area contributed by atoms with Gasteiger partial charge in [-0.25, -0.2) is 0 Å². The van der Waals surface area contributed by atoms with Crippen LogP contribution in [0.4, 0.5) is 5.00 Å². The summed E-state index contributed by atoms with van der Waals surface area (Å²) in [6.45, 7) is 3.55. The van der Waals surface area contributed by atoms with Gasteiger partial charge in [0.15, 0.2) is 0 Å². The summed E-state index contributed by atoms with van der Waals surface area (Å²) in [5.74, 6) is -1.52. The lowest BCUT2D eigenvalue weighted by Gasteiger charge is -2.10. The first-order chi connectivity index (χ1) is 8.00. The minimum atomic E-state index is -1.19. The molecule has 1 aliphatic rings. The number of nitrogens with one attached hydrogen (secondary N) is 1. The van der Waals surface area contributed by atoms with Crippen LogP contribution in [-0.4, -0.2) is 11.9 Å². The van der Waals surface area contributed by atoms with Gasteiger partial charge in [-0.15, -0.1) is 11.3 Å². The molecule has 0 saturated heterocycles. The zero-order valence-corrected chi connectivity index (χ0v) is 10.6. The molecule has 92 valence electrons. The Kier molecular flexibility index (Phi) is 3.19. The number of amides is 1. The maximum absolute atomic E-state index is 11.6. The lowest BCUT2D eigenvalue weighted by molar-refractivity contribution is -0.254. The summed E-state index contributed by atoms with van der Waals surface area (Å²) < 4.78 is 0. The molecular formula is C12H14NO3S-. The van der Waals surface area contributed by atoms with Gasteiger partial charge in [0.2, 0.25) is 5.91 Å². The maximum Gasteiger partial charge on any atom is 0.227 e. The molecule has 0 radical (unpaired) electrons. The molecule has 0 aromatic carbocycles. The van der Waals surface area contributed by atoms with Crippen LogP contribution in [-0.2, 0) is 17.6 Å². The highest BCUT2D eigenvalue weighted by atomic mass is 32.1. The van der Waals surface area contributed by atoms with Gasteiger partial charge in [-0.05, 0) is 24.8 Å². The lowest BCUT2D eigenvalue weighted by Crippen LogP contribution is -2.26. The van der Waals surface area contributed by atoms with E-state index in [0.717, 1.165) is 29.7 Å². The largest absolute Gasteiger partial charge is 0.545 e. The zero-order chi connectivity index (χ0) is 12.6. The molecule has 1 aliphatic carbocycles. The summed E-state index contributed by atoms with van der Waals surface area (Å²) in [7, 11) is 0. The Bertz CT molecular complexity index is 476. The fourth-order valence-electron chi connectivity index (χ4n) is 1.96.